The van der Waals surface area contributed by atoms with Crippen LogP contribution in [0.5, 0.6) is 11.5 Å². The molecule has 0 saturated heterocycles. The number of aromatic nitrogens is 2. The van der Waals surface area contributed by atoms with Crippen LogP contribution in [0.1, 0.15) is 12.1 Å². The maximum absolute atomic E-state index is 12.2. The first-order chi connectivity index (χ1) is 10.6. The molecule has 6 nitrogen and oxygen atoms in total. The number of thioether (sulfide) groups is 1. The number of nitrogens with two attached hydrogens (primary N) is 1. The maximum atomic E-state index is 12.2. The fourth-order valence-corrected chi connectivity index (χ4v) is 2.60. The standard InChI is InChI=1S/C15H19N3O3S/c1-20-11-3-5-12(6-4-11)21-15(14(16)19,8-10-22-2)13-7-9-17-18-13/h3-7,9H,8,10H2,1-2H3,(H2,16,19)(H,17,18). The minimum absolute atomic E-state index is 0.431. The number of amides is 1. The van der Waals surface area contributed by atoms with Gasteiger partial charge in [-0.15, -0.1) is 0 Å². The van der Waals surface area contributed by atoms with Crippen molar-refractivity contribution >= 4 is 17.7 Å². The van der Waals surface area contributed by atoms with Crippen molar-refractivity contribution in [3.63, 3.8) is 0 Å². The summed E-state index contributed by atoms with van der Waals surface area (Å²) in [6.07, 6.45) is 4.04. The van der Waals surface area contributed by atoms with Crippen LogP contribution in [0.25, 0.3) is 0 Å². The van der Waals surface area contributed by atoms with E-state index in [4.69, 9.17) is 15.2 Å². The molecule has 0 spiro atoms. The highest BCUT2D eigenvalue weighted by Gasteiger charge is 2.42. The Balaban J connectivity index is 2.35. The molecule has 0 saturated carbocycles. The van der Waals surface area contributed by atoms with Gasteiger partial charge in [-0.25, -0.2) is 0 Å². The van der Waals surface area contributed by atoms with Crippen LogP contribution < -0.4 is 15.2 Å². The van der Waals surface area contributed by atoms with E-state index in [0.29, 0.717) is 29.4 Å². The summed E-state index contributed by atoms with van der Waals surface area (Å²) in [5.41, 5.74) is 4.84. The molecule has 1 unspecified atom stereocenters. The highest BCUT2D eigenvalue weighted by Crippen LogP contribution is 2.32. The monoisotopic (exact) mass is 321 g/mol. The van der Waals surface area contributed by atoms with E-state index in [0.717, 1.165) is 0 Å². The topological polar surface area (TPSA) is 90.2 Å². The third-order valence-corrected chi connectivity index (χ3v) is 3.93. The van der Waals surface area contributed by atoms with Crippen LogP contribution in [-0.4, -0.2) is 35.2 Å². The lowest BCUT2D eigenvalue weighted by atomic mass is 9.95. The van der Waals surface area contributed by atoms with Gasteiger partial charge in [0.25, 0.3) is 5.91 Å². The first-order valence-corrected chi connectivity index (χ1v) is 8.14. The number of nitrogens with zero attached hydrogens (tertiary/aromatic N) is 1. The van der Waals surface area contributed by atoms with E-state index in [9.17, 15) is 4.79 Å². The quantitative estimate of drug-likeness (QED) is 0.775. The van der Waals surface area contributed by atoms with Gasteiger partial charge in [0, 0.05) is 12.6 Å². The Bertz CT molecular complexity index is 601. The summed E-state index contributed by atoms with van der Waals surface area (Å²) in [7, 11) is 1.59. The first kappa shape index (κ1) is 16.2. The van der Waals surface area contributed by atoms with Crippen LogP contribution in [-0.2, 0) is 10.4 Å². The molecule has 0 bridgehead atoms. The Morgan fingerprint density at radius 2 is 2.00 bits per heavy atom. The molecule has 118 valence electrons. The van der Waals surface area contributed by atoms with Gasteiger partial charge in [-0.2, -0.15) is 16.9 Å². The van der Waals surface area contributed by atoms with Crippen LogP contribution in [0.3, 0.4) is 0 Å². The Morgan fingerprint density at radius 3 is 2.50 bits per heavy atom. The molecule has 0 aliphatic carbocycles. The lowest BCUT2D eigenvalue weighted by Crippen LogP contribution is -2.47. The smallest absolute Gasteiger partial charge is 0.268 e. The number of carbonyl (C=O) groups excluding carboxylic acids is 1. The van der Waals surface area contributed by atoms with Crippen LogP contribution in [0.4, 0.5) is 0 Å². The number of benzene rings is 1. The van der Waals surface area contributed by atoms with Gasteiger partial charge < -0.3 is 15.2 Å². The van der Waals surface area contributed by atoms with Crippen molar-refractivity contribution in [1.29, 1.82) is 0 Å². The van der Waals surface area contributed by atoms with Crippen molar-refractivity contribution in [1.82, 2.24) is 10.2 Å². The number of hydrogen-bond acceptors (Lipinski definition) is 5. The molecule has 0 aliphatic rings. The van der Waals surface area contributed by atoms with Gasteiger partial charge >= 0.3 is 0 Å². The molecule has 1 aromatic carbocycles. The molecule has 1 aromatic heterocycles. The molecule has 2 aromatic rings. The predicted octanol–water partition coefficient (Wildman–Crippen LogP) is 1.93. The third kappa shape index (κ3) is 3.36. The molecule has 1 amide bonds. The molecule has 2 rings (SSSR count). The fraction of sp³-hybridized carbons (Fsp3) is 0.333. The van der Waals surface area contributed by atoms with E-state index >= 15 is 0 Å². The Hall–Kier alpha value is -2.15. The van der Waals surface area contributed by atoms with E-state index in [-0.39, 0.29) is 0 Å². The van der Waals surface area contributed by atoms with Gasteiger partial charge in [-0.1, -0.05) is 0 Å². The van der Waals surface area contributed by atoms with Gasteiger partial charge in [0.1, 0.15) is 17.2 Å². The van der Waals surface area contributed by atoms with Gasteiger partial charge in [0.2, 0.25) is 5.60 Å². The normalized spacial score (nSPS) is 13.4. The molecular weight excluding hydrogens is 302 g/mol. The number of nitrogens with one attached hydrogen (secondary N) is 1. The number of rotatable bonds is 8. The molecule has 1 heterocycles. The van der Waals surface area contributed by atoms with E-state index in [2.05, 4.69) is 10.2 Å². The van der Waals surface area contributed by atoms with E-state index < -0.39 is 11.5 Å². The largest absolute Gasteiger partial charge is 0.497 e. The summed E-state index contributed by atoms with van der Waals surface area (Å²) in [6, 6.07) is 8.71. The summed E-state index contributed by atoms with van der Waals surface area (Å²) >= 11 is 1.61. The molecule has 3 N–H and O–H groups in total. The summed E-state index contributed by atoms with van der Waals surface area (Å²) < 4.78 is 11.1. The fourth-order valence-electron chi connectivity index (χ4n) is 2.11. The van der Waals surface area contributed by atoms with Gasteiger partial charge in [0.15, 0.2) is 0 Å². The number of methoxy groups -OCH3 is 1. The zero-order chi connectivity index (χ0) is 16.0. The summed E-state index contributed by atoms with van der Waals surface area (Å²) in [4.78, 5) is 12.2. The average Bonchev–Trinajstić information content (AvgIpc) is 3.06. The maximum Gasteiger partial charge on any atom is 0.268 e. The molecule has 0 radical (unpaired) electrons. The van der Waals surface area contributed by atoms with E-state index in [1.54, 1.807) is 55.4 Å². The Morgan fingerprint density at radius 1 is 1.32 bits per heavy atom. The van der Waals surface area contributed by atoms with E-state index in [1.165, 1.54) is 0 Å². The lowest BCUT2D eigenvalue weighted by molar-refractivity contribution is -0.135. The second-order valence-corrected chi connectivity index (χ2v) is 5.66. The number of aromatic amines is 1. The molecule has 0 fully saturated rings. The van der Waals surface area contributed by atoms with Gasteiger partial charge in [0.05, 0.1) is 7.11 Å². The van der Waals surface area contributed by atoms with Crippen molar-refractivity contribution in [3.05, 3.63) is 42.2 Å². The number of primary amides is 1. The number of carbonyl (C=O) groups is 1. The van der Waals surface area contributed by atoms with Crippen molar-refractivity contribution < 1.29 is 14.3 Å². The second-order valence-electron chi connectivity index (χ2n) is 4.67. The lowest BCUT2D eigenvalue weighted by Gasteiger charge is -2.29. The summed E-state index contributed by atoms with van der Waals surface area (Å²) in [5.74, 6) is 1.39. The number of H-pyrrole nitrogens is 1. The Labute approximate surface area is 133 Å². The Kier molecular flexibility index (Phi) is 5.32. The SMILES string of the molecule is COc1ccc(OC(CCSC)(C(N)=O)c2cc[nH]n2)cc1. The van der Waals surface area contributed by atoms with Crippen LogP contribution >= 0.6 is 11.8 Å². The molecule has 7 heteroatoms. The zero-order valence-corrected chi connectivity index (χ0v) is 13.4. The molecular formula is C15H19N3O3S. The number of ether oxygens (including phenoxy) is 2. The predicted molar refractivity (Wildman–Crippen MR) is 86.1 cm³/mol. The van der Waals surface area contributed by atoms with Crippen molar-refractivity contribution in [2.75, 3.05) is 19.1 Å². The minimum atomic E-state index is -1.29. The van der Waals surface area contributed by atoms with Crippen molar-refractivity contribution in [3.8, 4) is 11.5 Å². The summed E-state index contributed by atoms with van der Waals surface area (Å²) in [5, 5.41) is 6.81. The number of hydrogen-bond donors (Lipinski definition) is 2. The van der Waals surface area contributed by atoms with E-state index in [1.807, 2.05) is 6.26 Å². The first-order valence-electron chi connectivity index (χ1n) is 6.74. The third-order valence-electron chi connectivity index (χ3n) is 3.32. The highest BCUT2D eigenvalue weighted by molar-refractivity contribution is 7.98. The van der Waals surface area contributed by atoms with Crippen LogP contribution in [0, 0.1) is 0 Å². The molecule has 1 atom stereocenters. The molecule has 0 aliphatic heterocycles. The van der Waals surface area contributed by atoms with Gasteiger partial charge in [-0.05, 0) is 42.3 Å². The van der Waals surface area contributed by atoms with Gasteiger partial charge in [-0.3, -0.25) is 9.89 Å². The zero-order valence-electron chi connectivity index (χ0n) is 12.5. The van der Waals surface area contributed by atoms with Crippen LogP contribution in [0.15, 0.2) is 36.5 Å². The van der Waals surface area contributed by atoms with Crippen molar-refractivity contribution in [2.24, 2.45) is 5.73 Å². The minimum Gasteiger partial charge on any atom is -0.497 e. The highest BCUT2D eigenvalue weighted by atomic mass is 32.2. The summed E-state index contributed by atoms with van der Waals surface area (Å²) in [6.45, 7) is 0. The van der Waals surface area contributed by atoms with Crippen LogP contribution in [0.2, 0.25) is 0 Å². The average molecular weight is 321 g/mol. The molecule has 22 heavy (non-hydrogen) atoms. The second kappa shape index (κ2) is 7.22. The van der Waals surface area contributed by atoms with Crippen molar-refractivity contribution in [2.45, 2.75) is 12.0 Å².